The van der Waals surface area contributed by atoms with Crippen LogP contribution < -0.4 is 0 Å². The van der Waals surface area contributed by atoms with Crippen LogP contribution in [0, 0.1) is 0 Å². The molecule has 0 amide bonds. The van der Waals surface area contributed by atoms with Crippen LogP contribution in [0.25, 0.3) is 128 Å². The van der Waals surface area contributed by atoms with Crippen molar-refractivity contribution >= 4 is 38.1 Å². The predicted molar refractivity (Wildman–Crippen MR) is 280 cm³/mol. The lowest BCUT2D eigenvalue weighted by molar-refractivity contribution is 1.18. The van der Waals surface area contributed by atoms with Crippen LogP contribution in [0.2, 0.25) is 0 Å². The number of nitrogens with zero attached hydrogens (tertiary/aromatic N) is 3. The van der Waals surface area contributed by atoms with Gasteiger partial charge >= 0.3 is 0 Å². The number of benzene rings is 10. The van der Waals surface area contributed by atoms with Gasteiger partial charge in [-0.25, -0.2) is 9.97 Å². The molecule has 0 aliphatic heterocycles. The Morgan fingerprint density at radius 3 is 1.16 bits per heavy atom. The van der Waals surface area contributed by atoms with Crippen molar-refractivity contribution in [1.82, 2.24) is 14.4 Å². The molecule has 0 unspecified atom stereocenters. The van der Waals surface area contributed by atoms with Gasteiger partial charge in [-0.05, 0) is 110 Å². The van der Waals surface area contributed by atoms with E-state index in [1.807, 2.05) is 12.1 Å². The Morgan fingerprint density at radius 1 is 0.224 bits per heavy atom. The standard InChI is InChI=1S/C64H41N3/c1-4-16-42(17-5-1)52-37-53(39-54(38-52)49-26-13-23-46(35-49)50-32-33-56-58-30-15-29-57-55-28-10-11-31-61(55)67(63(57)58)62(56)40-50)48-25-12-22-45(34-48)47-24-14-27-51(36-47)64-65-59(43-18-6-2-7-19-43)41-60(66-64)44-20-8-3-9-21-44/h1-41H. The number of hydrogen-bond donors (Lipinski definition) is 0. The molecule has 67 heavy (non-hydrogen) atoms. The first kappa shape index (κ1) is 38.5. The van der Waals surface area contributed by atoms with E-state index in [4.69, 9.17) is 9.97 Å². The molecule has 3 aromatic heterocycles. The Bertz CT molecular complexity index is 3910. The summed E-state index contributed by atoms with van der Waals surface area (Å²) in [7, 11) is 0. The molecule has 0 saturated carbocycles. The first-order valence-electron chi connectivity index (χ1n) is 22.9. The summed E-state index contributed by atoms with van der Waals surface area (Å²) in [6.07, 6.45) is 0. The largest absolute Gasteiger partial charge is 0.308 e. The summed E-state index contributed by atoms with van der Waals surface area (Å²) in [6.45, 7) is 0. The van der Waals surface area contributed by atoms with Crippen molar-refractivity contribution in [2.45, 2.75) is 0 Å². The van der Waals surface area contributed by atoms with Gasteiger partial charge in [0.1, 0.15) is 0 Å². The summed E-state index contributed by atoms with van der Waals surface area (Å²) in [5.41, 5.74) is 20.3. The minimum Gasteiger partial charge on any atom is -0.308 e. The molecule has 10 aromatic carbocycles. The number of para-hydroxylation sites is 2. The molecule has 0 radical (unpaired) electrons. The van der Waals surface area contributed by atoms with Crippen LogP contribution in [-0.2, 0) is 0 Å². The van der Waals surface area contributed by atoms with Crippen LogP contribution >= 0.6 is 0 Å². The maximum absolute atomic E-state index is 5.13. The molecular weight excluding hydrogens is 811 g/mol. The summed E-state index contributed by atoms with van der Waals surface area (Å²) in [5, 5.41) is 5.18. The van der Waals surface area contributed by atoms with E-state index in [1.165, 1.54) is 71.5 Å². The third kappa shape index (κ3) is 6.84. The van der Waals surface area contributed by atoms with Gasteiger partial charge in [-0.15, -0.1) is 0 Å². The van der Waals surface area contributed by atoms with Crippen LogP contribution in [0.4, 0.5) is 0 Å². The quantitative estimate of drug-likeness (QED) is 0.152. The fourth-order valence-corrected chi connectivity index (χ4v) is 10.1. The van der Waals surface area contributed by atoms with Gasteiger partial charge < -0.3 is 4.40 Å². The summed E-state index contributed by atoms with van der Waals surface area (Å²) < 4.78 is 2.46. The van der Waals surface area contributed by atoms with Crippen molar-refractivity contribution in [3.05, 3.63) is 249 Å². The second kappa shape index (κ2) is 16.0. The second-order valence-corrected chi connectivity index (χ2v) is 17.4. The summed E-state index contributed by atoms with van der Waals surface area (Å²) in [4.78, 5) is 10.3. The van der Waals surface area contributed by atoms with E-state index in [1.54, 1.807) is 0 Å². The molecule has 0 aliphatic rings. The highest BCUT2D eigenvalue weighted by atomic mass is 14.9. The van der Waals surface area contributed by atoms with Gasteiger partial charge in [-0.3, -0.25) is 0 Å². The van der Waals surface area contributed by atoms with E-state index in [0.29, 0.717) is 5.82 Å². The van der Waals surface area contributed by atoms with Gasteiger partial charge in [-0.2, -0.15) is 0 Å². The predicted octanol–water partition coefficient (Wildman–Crippen LogP) is 17.0. The van der Waals surface area contributed by atoms with Gasteiger partial charge in [-0.1, -0.05) is 194 Å². The normalized spacial score (nSPS) is 11.6. The molecule has 13 rings (SSSR count). The van der Waals surface area contributed by atoms with Crippen molar-refractivity contribution in [3.63, 3.8) is 0 Å². The van der Waals surface area contributed by atoms with Crippen molar-refractivity contribution in [2.24, 2.45) is 0 Å². The van der Waals surface area contributed by atoms with Crippen molar-refractivity contribution in [2.75, 3.05) is 0 Å². The van der Waals surface area contributed by atoms with E-state index >= 15 is 0 Å². The number of rotatable bonds is 8. The average Bonchev–Trinajstić information content (AvgIpc) is 3.94. The fourth-order valence-electron chi connectivity index (χ4n) is 10.1. The van der Waals surface area contributed by atoms with E-state index in [9.17, 15) is 0 Å². The molecule has 0 fully saturated rings. The van der Waals surface area contributed by atoms with Crippen LogP contribution in [0.3, 0.4) is 0 Å². The monoisotopic (exact) mass is 851 g/mol. The lowest BCUT2D eigenvalue weighted by atomic mass is 9.91. The van der Waals surface area contributed by atoms with Gasteiger partial charge in [0.25, 0.3) is 0 Å². The Morgan fingerprint density at radius 2 is 0.597 bits per heavy atom. The van der Waals surface area contributed by atoms with Crippen molar-refractivity contribution in [1.29, 1.82) is 0 Å². The lowest BCUT2D eigenvalue weighted by Crippen LogP contribution is -1.96. The molecule has 0 aliphatic carbocycles. The maximum Gasteiger partial charge on any atom is 0.160 e. The second-order valence-electron chi connectivity index (χ2n) is 17.4. The fraction of sp³-hybridized carbons (Fsp3) is 0. The molecule has 0 bridgehead atoms. The van der Waals surface area contributed by atoms with Crippen molar-refractivity contribution in [3.8, 4) is 89.5 Å². The lowest BCUT2D eigenvalue weighted by Gasteiger charge is -2.14. The Kier molecular flexibility index (Phi) is 9.17. The molecule has 0 saturated heterocycles. The number of hydrogen-bond acceptors (Lipinski definition) is 2. The molecule has 3 heteroatoms. The molecule has 0 atom stereocenters. The summed E-state index contributed by atoms with van der Waals surface area (Å²) in [6, 6.07) is 89.5. The van der Waals surface area contributed by atoms with Crippen LogP contribution in [0.5, 0.6) is 0 Å². The smallest absolute Gasteiger partial charge is 0.160 e. The molecule has 0 spiro atoms. The molecular formula is C64H41N3. The molecule has 0 N–H and O–H groups in total. The Hall–Kier alpha value is -8.92. The molecule has 3 heterocycles. The van der Waals surface area contributed by atoms with E-state index < -0.39 is 0 Å². The highest BCUT2D eigenvalue weighted by Crippen LogP contribution is 2.41. The van der Waals surface area contributed by atoms with Gasteiger partial charge in [0, 0.05) is 38.2 Å². The molecule has 13 aromatic rings. The first-order chi connectivity index (χ1) is 33.2. The van der Waals surface area contributed by atoms with E-state index in [0.717, 1.165) is 50.3 Å². The summed E-state index contributed by atoms with van der Waals surface area (Å²) in [5.74, 6) is 0.696. The van der Waals surface area contributed by atoms with E-state index in [-0.39, 0.29) is 0 Å². The third-order valence-electron chi connectivity index (χ3n) is 13.3. The minimum absolute atomic E-state index is 0.696. The van der Waals surface area contributed by atoms with Crippen LogP contribution in [0.1, 0.15) is 0 Å². The topological polar surface area (TPSA) is 30.2 Å². The molecule has 3 nitrogen and oxygen atoms in total. The highest BCUT2D eigenvalue weighted by Gasteiger charge is 2.18. The van der Waals surface area contributed by atoms with Crippen LogP contribution in [-0.4, -0.2) is 14.4 Å². The highest BCUT2D eigenvalue weighted by molar-refractivity contribution is 6.23. The SMILES string of the molecule is c1ccc(-c2cc(-c3cccc(-c4cccc(-c5nc(-c6ccccc6)cc(-c6ccccc6)n5)c4)c3)cc(-c3cccc(-c4ccc5c6cccc7c8ccccc8n(c5c4)c76)c3)c2)cc1. The Balaban J connectivity index is 0.892. The zero-order valence-electron chi connectivity index (χ0n) is 36.5. The van der Waals surface area contributed by atoms with Gasteiger partial charge in [0.05, 0.1) is 27.9 Å². The van der Waals surface area contributed by atoms with Crippen LogP contribution in [0.15, 0.2) is 249 Å². The minimum atomic E-state index is 0.696. The molecule has 312 valence electrons. The zero-order chi connectivity index (χ0) is 44.3. The van der Waals surface area contributed by atoms with Gasteiger partial charge in [0.2, 0.25) is 0 Å². The number of aromatic nitrogens is 3. The number of fused-ring (bicyclic) bond motifs is 6. The van der Waals surface area contributed by atoms with Gasteiger partial charge in [0.15, 0.2) is 5.82 Å². The average molecular weight is 852 g/mol. The van der Waals surface area contributed by atoms with Crippen molar-refractivity contribution < 1.29 is 0 Å². The maximum atomic E-state index is 5.13. The zero-order valence-corrected chi connectivity index (χ0v) is 36.5. The van der Waals surface area contributed by atoms with E-state index in [2.05, 4.69) is 241 Å². The summed E-state index contributed by atoms with van der Waals surface area (Å²) >= 11 is 0. The third-order valence-corrected chi connectivity index (χ3v) is 13.3. The first-order valence-corrected chi connectivity index (χ1v) is 22.9. The Labute approximate surface area is 388 Å².